The molecule has 24 heavy (non-hydrogen) atoms. The molecule has 10 heteroatoms. The predicted octanol–water partition coefficient (Wildman–Crippen LogP) is 1.35. The van der Waals surface area contributed by atoms with Crippen molar-refractivity contribution in [1.82, 2.24) is 15.1 Å². The van der Waals surface area contributed by atoms with Gasteiger partial charge in [0.1, 0.15) is 18.0 Å². The minimum atomic E-state index is -0.520. The number of nitro groups is 1. The van der Waals surface area contributed by atoms with E-state index in [1.54, 1.807) is 20.8 Å². The van der Waals surface area contributed by atoms with Crippen molar-refractivity contribution in [3.63, 3.8) is 0 Å². The molecule has 1 N–H and O–H groups in total. The summed E-state index contributed by atoms with van der Waals surface area (Å²) in [5, 5.41) is 16.9. The molecule has 1 aromatic rings. The highest BCUT2D eigenvalue weighted by molar-refractivity contribution is 5.67. The van der Waals surface area contributed by atoms with Gasteiger partial charge in [-0.25, -0.2) is 4.79 Å². The molecule has 1 amide bonds. The van der Waals surface area contributed by atoms with E-state index in [9.17, 15) is 14.9 Å². The zero-order chi connectivity index (χ0) is 18.0. The van der Waals surface area contributed by atoms with Crippen molar-refractivity contribution < 1.29 is 23.9 Å². The number of ether oxygens (including phenoxy) is 3. The summed E-state index contributed by atoms with van der Waals surface area (Å²) in [6.45, 7) is 7.66. The first-order valence-corrected chi connectivity index (χ1v) is 7.57. The molecular formula is C14H24N4O6. The normalized spacial score (nSPS) is 11.3. The third-order valence-electron chi connectivity index (χ3n) is 2.58. The van der Waals surface area contributed by atoms with Gasteiger partial charge in [0.05, 0.1) is 37.9 Å². The largest absolute Gasteiger partial charge is 0.444 e. The Morgan fingerprint density at radius 3 is 2.54 bits per heavy atom. The molecule has 10 nitrogen and oxygen atoms in total. The highest BCUT2D eigenvalue weighted by atomic mass is 16.6. The number of aromatic nitrogens is 2. The Morgan fingerprint density at radius 1 is 1.29 bits per heavy atom. The number of nitrogens with one attached hydrogen (secondary N) is 1. The molecule has 0 unspecified atom stereocenters. The summed E-state index contributed by atoms with van der Waals surface area (Å²) in [5.41, 5.74) is -0.566. The molecule has 0 aliphatic rings. The maximum atomic E-state index is 11.3. The van der Waals surface area contributed by atoms with Crippen LogP contribution in [-0.4, -0.2) is 59.4 Å². The second kappa shape index (κ2) is 9.83. The van der Waals surface area contributed by atoms with Crippen LogP contribution in [0.15, 0.2) is 12.4 Å². The standard InChI is InChI=1S/C14H24N4O6/c1-14(2,3)24-13(19)15-4-6-22-8-9-23-7-5-17-11-12(10-16-17)18(20)21/h10-11H,4-9H2,1-3H3,(H,15,19). The number of carbonyl (C=O) groups excluding carboxylic acids is 1. The summed E-state index contributed by atoms with van der Waals surface area (Å²) < 4.78 is 17.2. The number of carbonyl (C=O) groups is 1. The molecule has 0 aliphatic heterocycles. The lowest BCUT2D eigenvalue weighted by Crippen LogP contribution is -2.34. The van der Waals surface area contributed by atoms with Crippen LogP contribution in [0.25, 0.3) is 0 Å². The Balaban J connectivity index is 1.95. The fourth-order valence-electron chi connectivity index (χ4n) is 1.59. The Bertz CT molecular complexity index is 526. The van der Waals surface area contributed by atoms with E-state index in [0.717, 1.165) is 0 Å². The molecule has 136 valence electrons. The number of alkyl carbamates (subject to hydrolysis) is 1. The van der Waals surface area contributed by atoms with E-state index in [2.05, 4.69) is 10.4 Å². The van der Waals surface area contributed by atoms with Crippen LogP contribution in [0.2, 0.25) is 0 Å². The van der Waals surface area contributed by atoms with Crippen molar-refractivity contribution in [1.29, 1.82) is 0 Å². The second-order valence-corrected chi connectivity index (χ2v) is 5.87. The van der Waals surface area contributed by atoms with Gasteiger partial charge in [0, 0.05) is 6.54 Å². The van der Waals surface area contributed by atoms with Crippen LogP contribution >= 0.6 is 0 Å². The minimum Gasteiger partial charge on any atom is -0.444 e. The Hall–Kier alpha value is -2.20. The number of rotatable bonds is 10. The van der Waals surface area contributed by atoms with Crippen molar-refractivity contribution in [2.75, 3.05) is 33.0 Å². The smallest absolute Gasteiger partial charge is 0.407 e. The lowest BCUT2D eigenvalue weighted by Gasteiger charge is -2.19. The van der Waals surface area contributed by atoms with E-state index < -0.39 is 16.6 Å². The molecule has 0 aliphatic carbocycles. The molecule has 0 bridgehead atoms. The summed E-state index contributed by atoms with van der Waals surface area (Å²) >= 11 is 0. The van der Waals surface area contributed by atoms with Crippen molar-refractivity contribution in [3.8, 4) is 0 Å². The lowest BCUT2D eigenvalue weighted by atomic mass is 10.2. The van der Waals surface area contributed by atoms with Crippen LogP contribution in [0.1, 0.15) is 20.8 Å². The van der Waals surface area contributed by atoms with Crippen LogP contribution in [0.5, 0.6) is 0 Å². The summed E-state index contributed by atoms with van der Waals surface area (Å²) in [6, 6.07) is 0. The summed E-state index contributed by atoms with van der Waals surface area (Å²) in [4.78, 5) is 21.3. The van der Waals surface area contributed by atoms with Gasteiger partial charge in [-0.1, -0.05) is 0 Å². The third-order valence-corrected chi connectivity index (χ3v) is 2.58. The van der Waals surface area contributed by atoms with E-state index >= 15 is 0 Å². The fourth-order valence-corrected chi connectivity index (χ4v) is 1.59. The van der Waals surface area contributed by atoms with E-state index in [1.165, 1.54) is 17.1 Å². The molecule has 0 radical (unpaired) electrons. The van der Waals surface area contributed by atoms with Gasteiger partial charge in [0.15, 0.2) is 0 Å². The van der Waals surface area contributed by atoms with Crippen molar-refractivity contribution in [2.45, 2.75) is 32.9 Å². The molecule has 1 heterocycles. The van der Waals surface area contributed by atoms with Gasteiger partial charge >= 0.3 is 11.8 Å². The minimum absolute atomic E-state index is 0.0455. The highest BCUT2D eigenvalue weighted by Crippen LogP contribution is 2.07. The van der Waals surface area contributed by atoms with E-state index in [1.807, 2.05) is 0 Å². The van der Waals surface area contributed by atoms with Crippen molar-refractivity contribution in [2.24, 2.45) is 0 Å². The van der Waals surface area contributed by atoms with Crippen LogP contribution in [-0.2, 0) is 20.8 Å². The SMILES string of the molecule is CC(C)(C)OC(=O)NCCOCCOCCn1cc([N+](=O)[O-])cn1. The Kier molecular flexibility index (Phi) is 8.13. The highest BCUT2D eigenvalue weighted by Gasteiger charge is 2.15. The Morgan fingerprint density at radius 2 is 1.96 bits per heavy atom. The maximum absolute atomic E-state index is 11.3. The molecule has 0 saturated carbocycles. The zero-order valence-electron chi connectivity index (χ0n) is 14.2. The van der Waals surface area contributed by atoms with Crippen LogP contribution in [0, 0.1) is 10.1 Å². The third kappa shape index (κ3) is 9.06. The van der Waals surface area contributed by atoms with Gasteiger partial charge in [-0.3, -0.25) is 14.8 Å². The number of amides is 1. The van der Waals surface area contributed by atoms with Crippen molar-refractivity contribution >= 4 is 11.8 Å². The van der Waals surface area contributed by atoms with Crippen LogP contribution in [0.4, 0.5) is 10.5 Å². The summed E-state index contributed by atoms with van der Waals surface area (Å²) in [5.74, 6) is 0. The predicted molar refractivity (Wildman–Crippen MR) is 84.8 cm³/mol. The van der Waals surface area contributed by atoms with Crippen LogP contribution < -0.4 is 5.32 Å². The first kappa shape index (κ1) is 19.8. The molecule has 1 rings (SSSR count). The monoisotopic (exact) mass is 344 g/mol. The van der Waals surface area contributed by atoms with Gasteiger partial charge in [0.25, 0.3) is 0 Å². The quantitative estimate of drug-likeness (QED) is 0.386. The summed E-state index contributed by atoms with van der Waals surface area (Å²) in [7, 11) is 0. The topological polar surface area (TPSA) is 118 Å². The fraction of sp³-hybridized carbons (Fsp3) is 0.714. The van der Waals surface area contributed by atoms with Crippen LogP contribution in [0.3, 0.4) is 0 Å². The molecular weight excluding hydrogens is 320 g/mol. The molecule has 0 saturated heterocycles. The second-order valence-electron chi connectivity index (χ2n) is 5.87. The van der Waals surface area contributed by atoms with Gasteiger partial charge < -0.3 is 19.5 Å². The van der Waals surface area contributed by atoms with Gasteiger partial charge in [-0.2, -0.15) is 5.10 Å². The van der Waals surface area contributed by atoms with E-state index in [-0.39, 0.29) is 5.69 Å². The molecule has 0 aromatic carbocycles. The molecule has 0 spiro atoms. The average molecular weight is 344 g/mol. The van der Waals surface area contributed by atoms with E-state index in [4.69, 9.17) is 14.2 Å². The maximum Gasteiger partial charge on any atom is 0.407 e. The van der Waals surface area contributed by atoms with Gasteiger partial charge in [-0.05, 0) is 20.8 Å². The van der Waals surface area contributed by atoms with E-state index in [0.29, 0.717) is 39.5 Å². The number of hydrogen-bond acceptors (Lipinski definition) is 7. The zero-order valence-corrected chi connectivity index (χ0v) is 14.2. The lowest BCUT2D eigenvalue weighted by molar-refractivity contribution is -0.385. The van der Waals surface area contributed by atoms with Gasteiger partial charge in [-0.15, -0.1) is 0 Å². The molecule has 1 aromatic heterocycles. The number of nitrogens with zero attached hydrogens (tertiary/aromatic N) is 3. The Labute approximate surface area is 140 Å². The van der Waals surface area contributed by atoms with Crippen molar-refractivity contribution in [3.05, 3.63) is 22.5 Å². The average Bonchev–Trinajstić information content (AvgIpc) is 2.92. The van der Waals surface area contributed by atoms with Gasteiger partial charge in [0.2, 0.25) is 0 Å². The first-order valence-electron chi connectivity index (χ1n) is 7.57. The molecule has 0 fully saturated rings. The number of hydrogen-bond donors (Lipinski definition) is 1. The summed E-state index contributed by atoms with van der Waals surface area (Å²) in [6.07, 6.45) is 2.07. The first-order chi connectivity index (χ1) is 11.3. The molecule has 0 atom stereocenters.